The maximum Gasteiger partial charge on any atom is 0.338 e. The molecule has 23 heavy (non-hydrogen) atoms. The van der Waals surface area contributed by atoms with Gasteiger partial charge in [0.25, 0.3) is 0 Å². The molecule has 0 unspecified atom stereocenters. The number of esters is 1. The molecule has 2 aromatic carbocycles. The molecule has 6 heteroatoms. The van der Waals surface area contributed by atoms with E-state index in [0.717, 1.165) is 10.5 Å². The topological polar surface area (TPSA) is 67.4 Å². The van der Waals surface area contributed by atoms with Gasteiger partial charge in [-0.2, -0.15) is 0 Å². The molecule has 0 saturated heterocycles. The number of hydrogen-bond acceptors (Lipinski definition) is 4. The third-order valence-corrected chi connectivity index (χ3v) is 3.97. The average Bonchev–Trinajstić information content (AvgIpc) is 2.55. The SMILES string of the molecule is CCOC(=O)c1ccc(NC(=O)NSc2ccccc2C)cc1. The van der Waals surface area contributed by atoms with E-state index in [-0.39, 0.29) is 12.0 Å². The fourth-order valence-electron chi connectivity index (χ4n) is 1.83. The van der Waals surface area contributed by atoms with Crippen LogP contribution in [0.2, 0.25) is 0 Å². The number of ether oxygens (including phenoxy) is 1. The third-order valence-electron chi connectivity index (χ3n) is 3.00. The molecule has 2 amide bonds. The van der Waals surface area contributed by atoms with Gasteiger partial charge in [0.2, 0.25) is 0 Å². The number of carbonyl (C=O) groups excluding carboxylic acids is 2. The summed E-state index contributed by atoms with van der Waals surface area (Å²) in [4.78, 5) is 24.4. The van der Waals surface area contributed by atoms with E-state index in [4.69, 9.17) is 4.74 Å². The van der Waals surface area contributed by atoms with Gasteiger partial charge in [0.1, 0.15) is 0 Å². The van der Waals surface area contributed by atoms with Gasteiger partial charge in [-0.3, -0.25) is 4.72 Å². The number of urea groups is 1. The first-order valence-electron chi connectivity index (χ1n) is 7.17. The number of aryl methyl sites for hydroxylation is 1. The van der Waals surface area contributed by atoms with Crippen LogP contribution in [0.4, 0.5) is 10.5 Å². The van der Waals surface area contributed by atoms with Crippen molar-refractivity contribution in [1.29, 1.82) is 0 Å². The molecule has 0 aliphatic carbocycles. The number of rotatable bonds is 5. The van der Waals surface area contributed by atoms with Crippen LogP contribution in [0.15, 0.2) is 53.4 Å². The number of benzene rings is 2. The highest BCUT2D eigenvalue weighted by molar-refractivity contribution is 7.98. The second kappa shape index (κ2) is 8.24. The minimum Gasteiger partial charge on any atom is -0.462 e. The highest BCUT2D eigenvalue weighted by Crippen LogP contribution is 2.19. The van der Waals surface area contributed by atoms with Gasteiger partial charge < -0.3 is 10.1 Å². The third kappa shape index (κ3) is 5.03. The maximum atomic E-state index is 11.9. The summed E-state index contributed by atoms with van der Waals surface area (Å²) >= 11 is 1.25. The van der Waals surface area contributed by atoms with E-state index in [1.807, 2.05) is 31.2 Å². The predicted octanol–water partition coefficient (Wildman–Crippen LogP) is 4.00. The van der Waals surface area contributed by atoms with E-state index in [1.54, 1.807) is 31.2 Å². The van der Waals surface area contributed by atoms with Gasteiger partial charge in [-0.25, -0.2) is 9.59 Å². The van der Waals surface area contributed by atoms with Crippen molar-refractivity contribution in [3.05, 3.63) is 59.7 Å². The highest BCUT2D eigenvalue weighted by atomic mass is 32.2. The molecule has 2 rings (SSSR count). The quantitative estimate of drug-likeness (QED) is 0.642. The van der Waals surface area contributed by atoms with Crippen molar-refractivity contribution in [3.8, 4) is 0 Å². The predicted molar refractivity (Wildman–Crippen MR) is 91.6 cm³/mol. The number of amides is 2. The molecule has 0 heterocycles. The number of anilines is 1. The highest BCUT2D eigenvalue weighted by Gasteiger charge is 2.07. The Morgan fingerprint density at radius 3 is 2.43 bits per heavy atom. The Bertz CT molecular complexity index is 686. The standard InChI is InChI=1S/C17H18N2O3S/c1-3-22-16(20)13-8-10-14(11-9-13)18-17(21)19-23-15-7-5-4-6-12(15)2/h4-11H,3H2,1-2H3,(H2,18,19,21). The van der Waals surface area contributed by atoms with Gasteiger partial charge in [-0.15, -0.1) is 0 Å². The van der Waals surface area contributed by atoms with Gasteiger partial charge in [-0.1, -0.05) is 18.2 Å². The number of hydrogen-bond donors (Lipinski definition) is 2. The zero-order chi connectivity index (χ0) is 16.7. The molecule has 2 N–H and O–H groups in total. The smallest absolute Gasteiger partial charge is 0.338 e. The zero-order valence-corrected chi connectivity index (χ0v) is 13.8. The Morgan fingerprint density at radius 1 is 1.09 bits per heavy atom. The fourth-order valence-corrected chi connectivity index (χ4v) is 2.46. The van der Waals surface area contributed by atoms with E-state index < -0.39 is 0 Å². The average molecular weight is 330 g/mol. The summed E-state index contributed by atoms with van der Waals surface area (Å²) in [6.45, 7) is 4.07. The van der Waals surface area contributed by atoms with Crippen LogP contribution in [-0.2, 0) is 4.74 Å². The Balaban J connectivity index is 1.88. The van der Waals surface area contributed by atoms with Crippen molar-refractivity contribution in [3.63, 3.8) is 0 Å². The normalized spacial score (nSPS) is 10.0. The summed E-state index contributed by atoms with van der Waals surface area (Å²) in [5.41, 5.74) is 2.14. The lowest BCUT2D eigenvalue weighted by Crippen LogP contribution is -2.22. The Labute approximate surface area is 139 Å². The molecular weight excluding hydrogens is 312 g/mol. The lowest BCUT2D eigenvalue weighted by atomic mass is 10.2. The molecule has 2 aromatic rings. The summed E-state index contributed by atoms with van der Waals surface area (Å²) in [5.74, 6) is -0.376. The molecular formula is C17H18N2O3S. The second-order valence-electron chi connectivity index (χ2n) is 4.72. The van der Waals surface area contributed by atoms with Gasteiger partial charge in [0.05, 0.1) is 12.2 Å². The van der Waals surface area contributed by atoms with Crippen molar-refractivity contribution in [2.75, 3.05) is 11.9 Å². The molecule has 0 aliphatic heterocycles. The van der Waals surface area contributed by atoms with Crippen molar-refractivity contribution >= 4 is 29.6 Å². The molecule has 0 aliphatic rings. The monoisotopic (exact) mass is 330 g/mol. The van der Waals surface area contributed by atoms with Crippen LogP contribution < -0.4 is 10.0 Å². The van der Waals surface area contributed by atoms with Gasteiger partial charge in [0, 0.05) is 10.6 Å². The molecule has 0 radical (unpaired) electrons. The van der Waals surface area contributed by atoms with Crippen molar-refractivity contribution < 1.29 is 14.3 Å². The second-order valence-corrected chi connectivity index (χ2v) is 5.57. The van der Waals surface area contributed by atoms with Crippen molar-refractivity contribution in [2.24, 2.45) is 0 Å². The van der Waals surface area contributed by atoms with Gasteiger partial charge >= 0.3 is 12.0 Å². The van der Waals surface area contributed by atoms with Gasteiger partial charge in [0.15, 0.2) is 0 Å². The number of carbonyl (C=O) groups is 2. The minimum atomic E-state index is -0.376. The molecule has 0 fully saturated rings. The molecule has 0 aromatic heterocycles. The lowest BCUT2D eigenvalue weighted by Gasteiger charge is -2.09. The summed E-state index contributed by atoms with van der Waals surface area (Å²) < 4.78 is 7.63. The summed E-state index contributed by atoms with van der Waals surface area (Å²) in [6.07, 6.45) is 0. The van der Waals surface area contributed by atoms with Crippen LogP contribution in [0, 0.1) is 6.92 Å². The Kier molecular flexibility index (Phi) is 6.05. The van der Waals surface area contributed by atoms with Crippen LogP contribution in [0.1, 0.15) is 22.8 Å². The first-order valence-corrected chi connectivity index (χ1v) is 7.98. The van der Waals surface area contributed by atoms with E-state index >= 15 is 0 Å². The van der Waals surface area contributed by atoms with Crippen LogP contribution in [0.3, 0.4) is 0 Å². The largest absolute Gasteiger partial charge is 0.462 e. The molecule has 120 valence electrons. The zero-order valence-electron chi connectivity index (χ0n) is 13.0. The number of nitrogens with one attached hydrogen (secondary N) is 2. The Morgan fingerprint density at radius 2 is 1.78 bits per heavy atom. The minimum absolute atomic E-state index is 0.331. The van der Waals surface area contributed by atoms with Crippen LogP contribution in [-0.4, -0.2) is 18.6 Å². The van der Waals surface area contributed by atoms with Crippen LogP contribution >= 0.6 is 11.9 Å². The van der Waals surface area contributed by atoms with E-state index in [9.17, 15) is 9.59 Å². The summed E-state index contributed by atoms with van der Waals surface area (Å²) in [5, 5.41) is 2.71. The van der Waals surface area contributed by atoms with Gasteiger partial charge in [-0.05, 0) is 61.7 Å². The van der Waals surface area contributed by atoms with Crippen molar-refractivity contribution in [1.82, 2.24) is 4.72 Å². The molecule has 5 nitrogen and oxygen atoms in total. The van der Waals surface area contributed by atoms with E-state index in [2.05, 4.69) is 10.0 Å². The van der Waals surface area contributed by atoms with E-state index in [0.29, 0.717) is 17.9 Å². The summed E-state index contributed by atoms with van der Waals surface area (Å²) in [6, 6.07) is 14.0. The van der Waals surface area contributed by atoms with Crippen LogP contribution in [0.5, 0.6) is 0 Å². The Hall–Kier alpha value is -2.47. The van der Waals surface area contributed by atoms with Crippen LogP contribution in [0.25, 0.3) is 0 Å². The van der Waals surface area contributed by atoms with Crippen molar-refractivity contribution in [2.45, 2.75) is 18.7 Å². The first kappa shape index (κ1) is 16.9. The maximum absolute atomic E-state index is 11.9. The molecule has 0 bridgehead atoms. The lowest BCUT2D eigenvalue weighted by molar-refractivity contribution is 0.0526. The summed E-state index contributed by atoms with van der Waals surface area (Å²) in [7, 11) is 0. The molecule has 0 saturated carbocycles. The van der Waals surface area contributed by atoms with E-state index in [1.165, 1.54) is 11.9 Å². The molecule has 0 atom stereocenters. The first-order chi connectivity index (χ1) is 11.1. The molecule has 0 spiro atoms. The fraction of sp³-hybridized carbons (Fsp3) is 0.176.